The van der Waals surface area contributed by atoms with E-state index in [1.54, 1.807) is 0 Å². The molecule has 3 N–H and O–H groups in total. The Kier molecular flexibility index (Phi) is 28.5. The Morgan fingerprint density at radius 3 is 1.25 bits per heavy atom. The van der Waals surface area contributed by atoms with Gasteiger partial charge in [-0.3, -0.25) is 9.11 Å². The van der Waals surface area contributed by atoms with Crippen molar-refractivity contribution < 1.29 is 22.6 Å². The molecule has 5 nitrogen and oxygen atoms in total. The molecule has 0 unspecified atom stereocenters. The Hall–Kier alpha value is 0.830. The van der Waals surface area contributed by atoms with Crippen molar-refractivity contribution in [3.8, 4) is 0 Å². The second-order valence-electron chi connectivity index (χ2n) is 4.63. The van der Waals surface area contributed by atoms with Crippen LogP contribution in [0.2, 0.25) is 3.67 Å². The van der Waals surface area contributed by atoms with Crippen molar-refractivity contribution in [2.24, 2.45) is 0 Å². The van der Waals surface area contributed by atoms with Crippen LogP contribution in [0.15, 0.2) is 0 Å². The molecule has 0 aromatic carbocycles. The molecule has 0 saturated carbocycles. The topological polar surface area (TPSA) is 94.8 Å². The molecule has 0 fully saturated rings. The third-order valence-corrected chi connectivity index (χ3v) is 3.41. The molecule has 0 aromatic rings. The SMILES string of the molecule is CCCCCCCCCCC[CH2][Na].CO.O=S(=O)(O)O. The van der Waals surface area contributed by atoms with E-state index in [-0.39, 0.29) is 0 Å². The maximum absolute atomic E-state index is 8.74. The van der Waals surface area contributed by atoms with Gasteiger partial charge in [-0.05, 0) is 0 Å². The molecule has 0 spiro atoms. The zero-order chi connectivity index (χ0) is 16.3. The molecule has 0 aliphatic rings. The van der Waals surface area contributed by atoms with Crippen molar-refractivity contribution in [3.63, 3.8) is 0 Å². The Labute approximate surface area is 142 Å². The maximum atomic E-state index is 8.74. The van der Waals surface area contributed by atoms with Crippen LogP contribution in [0.25, 0.3) is 0 Å². The number of hydrogen-bond acceptors (Lipinski definition) is 3. The van der Waals surface area contributed by atoms with Crippen molar-refractivity contribution in [2.45, 2.75) is 74.8 Å². The van der Waals surface area contributed by atoms with E-state index in [1.807, 2.05) is 0 Å². The minimum absolute atomic E-state index is 1.00. The molecule has 7 heteroatoms. The molecule has 0 saturated heterocycles. The summed E-state index contributed by atoms with van der Waals surface area (Å²) in [7, 11) is -3.67. The van der Waals surface area contributed by atoms with E-state index < -0.39 is 10.4 Å². The van der Waals surface area contributed by atoms with Gasteiger partial charge in [-0.15, -0.1) is 0 Å². The first-order valence-electron chi connectivity index (χ1n) is 7.56. The normalized spacial score (nSPS) is 10.2. The molecule has 120 valence electrons. The second kappa shape index (κ2) is 22.1. The monoisotopic (exact) mass is 322 g/mol. The smallest absolute Gasteiger partial charge is 0.394 e. The second-order valence-corrected chi connectivity index (χ2v) is 6.53. The molecule has 0 bridgehead atoms. The first-order chi connectivity index (χ1) is 9.41. The van der Waals surface area contributed by atoms with Gasteiger partial charge in [-0.2, -0.15) is 8.42 Å². The molecule has 0 aromatic heterocycles. The molecule has 0 rings (SSSR count). The molecule has 0 amide bonds. The van der Waals surface area contributed by atoms with Crippen LogP contribution in [-0.2, 0) is 10.4 Å². The fourth-order valence-corrected chi connectivity index (χ4v) is 2.24. The van der Waals surface area contributed by atoms with E-state index in [0.29, 0.717) is 0 Å². The molecule has 0 aliphatic heterocycles. The molecule has 0 aliphatic carbocycles. The van der Waals surface area contributed by atoms with E-state index in [0.717, 1.165) is 7.11 Å². The van der Waals surface area contributed by atoms with Crippen LogP contribution in [0, 0.1) is 0 Å². The molecular formula is C13H31NaO5S. The van der Waals surface area contributed by atoms with Gasteiger partial charge in [0.05, 0.1) is 0 Å². The zero-order valence-corrected chi connectivity index (χ0v) is 16.2. The van der Waals surface area contributed by atoms with Crippen LogP contribution < -0.4 is 0 Å². The van der Waals surface area contributed by atoms with Gasteiger partial charge >= 0.3 is 113 Å². The summed E-state index contributed by atoms with van der Waals surface area (Å²) in [5, 5.41) is 7.00. The van der Waals surface area contributed by atoms with E-state index in [1.165, 1.54) is 95.8 Å². The van der Waals surface area contributed by atoms with Crippen molar-refractivity contribution in [1.82, 2.24) is 0 Å². The summed E-state index contributed by atoms with van der Waals surface area (Å²) in [4.78, 5) is 0. The first kappa shape index (κ1) is 25.8. The third-order valence-electron chi connectivity index (χ3n) is 2.71. The van der Waals surface area contributed by atoms with E-state index in [9.17, 15) is 0 Å². The Balaban J connectivity index is -0.000000346. The summed E-state index contributed by atoms with van der Waals surface area (Å²) in [5.41, 5.74) is 0. The van der Waals surface area contributed by atoms with E-state index in [2.05, 4.69) is 6.92 Å². The van der Waals surface area contributed by atoms with Gasteiger partial charge in [0.2, 0.25) is 0 Å². The fourth-order valence-electron chi connectivity index (χ4n) is 1.74. The van der Waals surface area contributed by atoms with Crippen LogP contribution in [0.3, 0.4) is 0 Å². The van der Waals surface area contributed by atoms with E-state index >= 15 is 0 Å². The summed E-state index contributed by atoms with van der Waals surface area (Å²) >= 11 is 1.41. The van der Waals surface area contributed by atoms with Gasteiger partial charge in [0.25, 0.3) is 0 Å². The van der Waals surface area contributed by atoms with Crippen LogP contribution in [0.1, 0.15) is 71.1 Å². The zero-order valence-electron chi connectivity index (χ0n) is 13.3. The minimum Gasteiger partial charge on any atom is -0.400 e. The summed E-state index contributed by atoms with van der Waals surface area (Å²) in [6.07, 6.45) is 14.7. The van der Waals surface area contributed by atoms with Gasteiger partial charge in [0.1, 0.15) is 0 Å². The number of rotatable bonds is 10. The first-order valence-corrected chi connectivity index (χ1v) is 10.4. The number of unbranched alkanes of at least 4 members (excludes halogenated alkanes) is 9. The van der Waals surface area contributed by atoms with Crippen LogP contribution in [0.4, 0.5) is 0 Å². The van der Waals surface area contributed by atoms with Gasteiger partial charge < -0.3 is 5.11 Å². The quantitative estimate of drug-likeness (QED) is 0.325. The molecule has 20 heavy (non-hydrogen) atoms. The molecule has 0 heterocycles. The average molecular weight is 322 g/mol. The standard InChI is InChI=1S/C12H25.CH4O.Na.H2O4S/c1-3-5-7-9-11-12-10-8-6-4-2;1-2;;1-5(2,3)4/h1,3-12H2,2H3;2H,1H3;;(H2,1,2,3,4). The Bertz CT molecular complexity index is 227. The van der Waals surface area contributed by atoms with Crippen LogP contribution >= 0.6 is 0 Å². The predicted octanol–water partition coefficient (Wildman–Crippen LogP) is 3.45. The van der Waals surface area contributed by atoms with Gasteiger partial charge in [0, 0.05) is 7.11 Å². The maximum Gasteiger partial charge on any atom is 0.394 e. The number of aliphatic hydroxyl groups is 1. The summed E-state index contributed by atoms with van der Waals surface area (Å²) in [6.45, 7) is 2.29. The Morgan fingerprint density at radius 1 is 0.750 bits per heavy atom. The van der Waals surface area contributed by atoms with Gasteiger partial charge in [0.15, 0.2) is 0 Å². The molecular weight excluding hydrogens is 291 g/mol. The average Bonchev–Trinajstić information content (AvgIpc) is 2.37. The predicted molar refractivity (Wildman–Crippen MR) is 84.7 cm³/mol. The van der Waals surface area contributed by atoms with Crippen molar-refractivity contribution >= 4 is 38.3 Å². The largest absolute Gasteiger partial charge is 0.400 e. The summed E-state index contributed by atoms with van der Waals surface area (Å²) in [6, 6.07) is 0. The van der Waals surface area contributed by atoms with Crippen molar-refractivity contribution in [3.05, 3.63) is 0 Å². The van der Waals surface area contributed by atoms with Crippen LogP contribution in [0.5, 0.6) is 0 Å². The fraction of sp³-hybridized carbons (Fsp3) is 1.00. The van der Waals surface area contributed by atoms with Crippen LogP contribution in [-0.4, -0.2) is 57.7 Å². The van der Waals surface area contributed by atoms with E-state index in [4.69, 9.17) is 22.6 Å². The number of aliphatic hydroxyl groups excluding tert-OH is 1. The van der Waals surface area contributed by atoms with Gasteiger partial charge in [-0.25, -0.2) is 0 Å². The number of hydrogen-bond donors (Lipinski definition) is 3. The van der Waals surface area contributed by atoms with Crippen molar-refractivity contribution in [1.29, 1.82) is 0 Å². The third kappa shape index (κ3) is 51.0. The molecule has 0 atom stereocenters. The summed E-state index contributed by atoms with van der Waals surface area (Å²) in [5.74, 6) is 0. The minimum atomic E-state index is -4.67. The summed E-state index contributed by atoms with van der Waals surface area (Å²) < 4.78 is 33.1. The van der Waals surface area contributed by atoms with Gasteiger partial charge in [-0.1, -0.05) is 0 Å². The molecule has 0 radical (unpaired) electrons. The Morgan fingerprint density at radius 2 is 1.00 bits per heavy atom. The van der Waals surface area contributed by atoms with Crippen molar-refractivity contribution in [2.75, 3.05) is 7.11 Å².